The summed E-state index contributed by atoms with van der Waals surface area (Å²) in [5.41, 5.74) is 5.22. The Morgan fingerprint density at radius 1 is 1.22 bits per heavy atom. The molecule has 32 heavy (non-hydrogen) atoms. The van der Waals surface area contributed by atoms with Crippen molar-refractivity contribution in [2.24, 2.45) is 5.92 Å². The Kier molecular flexibility index (Phi) is 4.81. The number of nitrogens with zero attached hydrogens (tertiary/aromatic N) is 2. The fourth-order valence-corrected chi connectivity index (χ4v) is 4.91. The number of rotatable bonds is 4. The van der Waals surface area contributed by atoms with Gasteiger partial charge in [0.25, 0.3) is 5.91 Å². The van der Waals surface area contributed by atoms with Crippen molar-refractivity contribution in [1.82, 2.24) is 9.47 Å². The summed E-state index contributed by atoms with van der Waals surface area (Å²) < 4.78 is 2.26. The van der Waals surface area contributed by atoms with Crippen LogP contribution in [0.15, 0.2) is 59.9 Å². The van der Waals surface area contributed by atoms with E-state index in [1.165, 1.54) is 11.8 Å². The minimum absolute atomic E-state index is 0.152. The van der Waals surface area contributed by atoms with E-state index in [2.05, 4.69) is 36.0 Å². The number of imide groups is 1. The number of carbonyl (C=O) groups excluding carboxylic acids is 2. The van der Waals surface area contributed by atoms with E-state index in [1.807, 2.05) is 18.2 Å². The van der Waals surface area contributed by atoms with Gasteiger partial charge in [0.1, 0.15) is 5.75 Å². The molecule has 2 aliphatic rings. The van der Waals surface area contributed by atoms with E-state index in [0.717, 1.165) is 46.4 Å². The normalized spacial score (nSPS) is 17.7. The molecule has 164 valence electrons. The van der Waals surface area contributed by atoms with Crippen molar-refractivity contribution in [3.63, 3.8) is 0 Å². The van der Waals surface area contributed by atoms with Crippen LogP contribution in [0.3, 0.4) is 0 Å². The SMILES string of the molecule is CC(=O)N1CC2=C(C1=O)[C@H](c1cccc(O)c1)c1cn(CCC(C)C)c3cccc(c13)N2. The van der Waals surface area contributed by atoms with Crippen LogP contribution in [0, 0.1) is 5.92 Å². The Morgan fingerprint density at radius 3 is 2.72 bits per heavy atom. The van der Waals surface area contributed by atoms with Crippen molar-refractivity contribution in [2.75, 3.05) is 11.9 Å². The second-order valence-corrected chi connectivity index (χ2v) is 9.12. The zero-order valence-corrected chi connectivity index (χ0v) is 18.6. The number of nitrogens with one attached hydrogen (secondary N) is 1. The van der Waals surface area contributed by atoms with Crippen molar-refractivity contribution < 1.29 is 14.7 Å². The van der Waals surface area contributed by atoms with Gasteiger partial charge in [0.2, 0.25) is 5.91 Å². The van der Waals surface area contributed by atoms with Gasteiger partial charge in [-0.25, -0.2) is 0 Å². The van der Waals surface area contributed by atoms with E-state index < -0.39 is 0 Å². The van der Waals surface area contributed by atoms with Crippen LogP contribution in [-0.2, 0) is 16.1 Å². The van der Waals surface area contributed by atoms with Crippen molar-refractivity contribution in [3.05, 3.63) is 71.1 Å². The van der Waals surface area contributed by atoms with Crippen LogP contribution in [0.4, 0.5) is 5.69 Å². The Morgan fingerprint density at radius 2 is 2.00 bits per heavy atom. The van der Waals surface area contributed by atoms with E-state index in [0.29, 0.717) is 11.5 Å². The maximum absolute atomic E-state index is 13.4. The molecule has 2 aliphatic heterocycles. The molecule has 0 bridgehead atoms. The molecular weight excluding hydrogens is 402 g/mol. The Hall–Kier alpha value is -3.54. The van der Waals surface area contributed by atoms with Crippen molar-refractivity contribution in [2.45, 2.75) is 39.7 Å². The standard InChI is InChI=1S/C26H27N3O3/c1-15(2)10-11-28-13-19-23(17-6-4-7-18(31)12-17)25-21(14-29(16(3)30)26(25)32)27-20-8-5-9-22(28)24(19)20/h4-9,12-13,15,23,27,31H,10-11,14H2,1-3H3/t23-/m1/s1. The zero-order chi connectivity index (χ0) is 22.6. The average Bonchev–Trinajstić information content (AvgIpc) is 3.22. The number of carbonyl (C=O) groups is 2. The fraction of sp³-hybridized carbons (Fsp3) is 0.308. The molecule has 1 aromatic heterocycles. The Labute approximate surface area is 187 Å². The molecule has 0 spiro atoms. The molecular formula is C26H27N3O3. The van der Waals surface area contributed by atoms with E-state index in [9.17, 15) is 14.7 Å². The highest BCUT2D eigenvalue weighted by atomic mass is 16.3. The lowest BCUT2D eigenvalue weighted by Gasteiger charge is -2.19. The Bertz CT molecular complexity index is 1280. The van der Waals surface area contributed by atoms with Crippen LogP contribution < -0.4 is 5.32 Å². The summed E-state index contributed by atoms with van der Waals surface area (Å²) in [5, 5.41) is 14.8. The van der Waals surface area contributed by atoms with Crippen LogP contribution in [0.1, 0.15) is 44.2 Å². The van der Waals surface area contributed by atoms with E-state index in [1.54, 1.807) is 18.2 Å². The second kappa shape index (κ2) is 7.55. The number of amides is 2. The van der Waals surface area contributed by atoms with Gasteiger partial charge in [0.05, 0.1) is 17.6 Å². The average molecular weight is 430 g/mol. The summed E-state index contributed by atoms with van der Waals surface area (Å²) in [5.74, 6) is -0.203. The molecule has 6 nitrogen and oxygen atoms in total. The third-order valence-electron chi connectivity index (χ3n) is 6.47. The van der Waals surface area contributed by atoms with E-state index in [4.69, 9.17) is 0 Å². The monoisotopic (exact) mass is 429 g/mol. The minimum atomic E-state index is -0.382. The first-order chi connectivity index (χ1) is 15.3. The molecule has 0 fully saturated rings. The van der Waals surface area contributed by atoms with Crippen molar-refractivity contribution in [1.29, 1.82) is 0 Å². The lowest BCUT2D eigenvalue weighted by atomic mass is 9.84. The molecule has 6 heteroatoms. The number of benzene rings is 2. The first-order valence-corrected chi connectivity index (χ1v) is 11.1. The molecule has 2 N–H and O–H groups in total. The summed E-state index contributed by atoms with van der Waals surface area (Å²) in [6, 6.07) is 13.2. The molecule has 2 aromatic carbocycles. The van der Waals surface area contributed by atoms with E-state index in [-0.39, 0.29) is 30.0 Å². The molecule has 0 saturated carbocycles. The zero-order valence-electron chi connectivity index (χ0n) is 18.6. The number of aryl methyl sites for hydroxylation is 1. The van der Waals surface area contributed by atoms with Gasteiger partial charge in [0.15, 0.2) is 0 Å². The molecule has 0 radical (unpaired) electrons. The number of phenols is 1. The third kappa shape index (κ3) is 3.18. The van der Waals surface area contributed by atoms with E-state index >= 15 is 0 Å². The lowest BCUT2D eigenvalue weighted by molar-refractivity contribution is -0.139. The van der Waals surface area contributed by atoms with Crippen LogP contribution >= 0.6 is 0 Å². The van der Waals surface area contributed by atoms with Crippen molar-refractivity contribution >= 4 is 28.4 Å². The predicted molar refractivity (Wildman–Crippen MR) is 124 cm³/mol. The molecule has 2 amide bonds. The highest BCUT2D eigenvalue weighted by Crippen LogP contribution is 2.46. The summed E-state index contributed by atoms with van der Waals surface area (Å²) in [6.07, 6.45) is 3.19. The molecule has 0 unspecified atom stereocenters. The van der Waals surface area contributed by atoms with Gasteiger partial charge in [0, 0.05) is 42.4 Å². The smallest absolute Gasteiger partial charge is 0.259 e. The molecule has 1 atom stereocenters. The van der Waals surface area contributed by atoms with Crippen LogP contribution in [0.2, 0.25) is 0 Å². The van der Waals surface area contributed by atoms with Crippen LogP contribution in [0.5, 0.6) is 5.75 Å². The summed E-state index contributed by atoms with van der Waals surface area (Å²) in [7, 11) is 0. The Balaban J connectivity index is 1.76. The van der Waals surface area contributed by atoms with Gasteiger partial charge >= 0.3 is 0 Å². The second-order valence-electron chi connectivity index (χ2n) is 9.12. The van der Waals surface area contributed by atoms with Gasteiger partial charge in [-0.05, 0) is 47.7 Å². The summed E-state index contributed by atoms with van der Waals surface area (Å²) in [4.78, 5) is 26.9. The molecule has 5 rings (SSSR count). The highest BCUT2D eigenvalue weighted by molar-refractivity contribution is 6.11. The van der Waals surface area contributed by atoms with Crippen LogP contribution in [0.25, 0.3) is 10.9 Å². The molecule has 3 aromatic rings. The fourth-order valence-electron chi connectivity index (χ4n) is 4.91. The summed E-state index contributed by atoms with van der Waals surface area (Å²) in [6.45, 7) is 6.95. The maximum Gasteiger partial charge on any atom is 0.259 e. The van der Waals surface area contributed by atoms with Gasteiger partial charge in [-0.3, -0.25) is 14.5 Å². The number of phenolic OH excluding ortho intramolecular Hbond substituents is 1. The largest absolute Gasteiger partial charge is 0.508 e. The molecule has 3 heterocycles. The topological polar surface area (TPSA) is 74.6 Å². The number of anilines is 1. The number of aromatic hydroxyl groups is 1. The van der Waals surface area contributed by atoms with Gasteiger partial charge < -0.3 is 15.0 Å². The number of hydrogen-bond donors (Lipinski definition) is 2. The first-order valence-electron chi connectivity index (χ1n) is 11.1. The predicted octanol–water partition coefficient (Wildman–Crippen LogP) is 4.59. The molecule has 0 aliphatic carbocycles. The number of hydrogen-bond acceptors (Lipinski definition) is 4. The summed E-state index contributed by atoms with van der Waals surface area (Å²) >= 11 is 0. The highest BCUT2D eigenvalue weighted by Gasteiger charge is 2.41. The minimum Gasteiger partial charge on any atom is -0.508 e. The van der Waals surface area contributed by atoms with Gasteiger partial charge in [-0.1, -0.05) is 32.0 Å². The molecule has 0 saturated heterocycles. The number of aromatic nitrogens is 1. The van der Waals surface area contributed by atoms with Crippen LogP contribution in [-0.4, -0.2) is 32.9 Å². The van der Waals surface area contributed by atoms with Gasteiger partial charge in [-0.2, -0.15) is 0 Å². The quantitative estimate of drug-likeness (QED) is 0.636. The van der Waals surface area contributed by atoms with Crippen molar-refractivity contribution in [3.8, 4) is 5.75 Å². The first kappa shape index (κ1) is 20.4. The van der Waals surface area contributed by atoms with Gasteiger partial charge in [-0.15, -0.1) is 0 Å². The third-order valence-corrected chi connectivity index (χ3v) is 6.47. The maximum atomic E-state index is 13.4. The lowest BCUT2D eigenvalue weighted by Crippen LogP contribution is -2.33.